The summed E-state index contributed by atoms with van der Waals surface area (Å²) in [6.07, 6.45) is 1.22. The average molecular weight is 262 g/mol. The molecule has 0 heterocycles. The summed E-state index contributed by atoms with van der Waals surface area (Å²) in [5, 5.41) is 11.1. The van der Waals surface area contributed by atoms with Crippen LogP contribution in [0.1, 0.15) is 31.4 Å². The van der Waals surface area contributed by atoms with Crippen molar-refractivity contribution in [2.45, 2.75) is 25.9 Å². The van der Waals surface area contributed by atoms with Crippen molar-refractivity contribution in [3.63, 3.8) is 0 Å². The van der Waals surface area contributed by atoms with E-state index in [0.29, 0.717) is 22.2 Å². The van der Waals surface area contributed by atoms with Crippen molar-refractivity contribution >= 4 is 23.2 Å². The van der Waals surface area contributed by atoms with Gasteiger partial charge in [-0.15, -0.1) is 0 Å². The monoisotopic (exact) mass is 261 g/mol. The number of halogens is 2. The molecule has 4 heteroatoms. The molecule has 1 aromatic rings. The van der Waals surface area contributed by atoms with E-state index in [0.717, 1.165) is 12.8 Å². The number of nitrogens with two attached hydrogens (primary N) is 1. The molecule has 2 atom stereocenters. The van der Waals surface area contributed by atoms with Crippen LogP contribution in [-0.4, -0.2) is 11.7 Å². The van der Waals surface area contributed by atoms with Crippen molar-refractivity contribution in [2.75, 3.05) is 6.54 Å². The van der Waals surface area contributed by atoms with Gasteiger partial charge in [-0.1, -0.05) is 48.7 Å². The second-order valence-electron chi connectivity index (χ2n) is 3.87. The summed E-state index contributed by atoms with van der Waals surface area (Å²) >= 11 is 12.0. The summed E-state index contributed by atoms with van der Waals surface area (Å²) < 4.78 is 0. The maximum Gasteiger partial charge on any atom is 0.0845 e. The highest BCUT2D eigenvalue weighted by molar-refractivity contribution is 6.42. The van der Waals surface area contributed by atoms with Crippen LogP contribution < -0.4 is 5.73 Å². The zero-order chi connectivity index (χ0) is 12.1. The van der Waals surface area contributed by atoms with Crippen LogP contribution in [0.2, 0.25) is 10.0 Å². The summed E-state index contributed by atoms with van der Waals surface area (Å²) in [6, 6.07) is 5.28. The largest absolute Gasteiger partial charge is 0.388 e. The minimum Gasteiger partial charge on any atom is -0.388 e. The Hall–Kier alpha value is -0.280. The van der Waals surface area contributed by atoms with Gasteiger partial charge < -0.3 is 10.8 Å². The lowest BCUT2D eigenvalue weighted by molar-refractivity contribution is 0.107. The lowest BCUT2D eigenvalue weighted by Crippen LogP contribution is -2.22. The highest BCUT2D eigenvalue weighted by atomic mass is 35.5. The molecular weight excluding hydrogens is 245 g/mol. The molecule has 1 aromatic carbocycles. The third kappa shape index (κ3) is 3.11. The zero-order valence-electron chi connectivity index (χ0n) is 9.29. The van der Waals surface area contributed by atoms with E-state index in [1.807, 2.05) is 0 Å². The summed E-state index contributed by atoms with van der Waals surface area (Å²) in [6.45, 7) is 2.51. The number of hydrogen-bond acceptors (Lipinski definition) is 2. The highest BCUT2D eigenvalue weighted by Crippen LogP contribution is 2.34. The van der Waals surface area contributed by atoms with Crippen LogP contribution in [0.3, 0.4) is 0 Å². The lowest BCUT2D eigenvalue weighted by Gasteiger charge is -2.22. The summed E-state index contributed by atoms with van der Waals surface area (Å²) in [7, 11) is 0. The van der Waals surface area contributed by atoms with Crippen molar-refractivity contribution in [1.82, 2.24) is 0 Å². The molecule has 0 fully saturated rings. The molecule has 0 spiro atoms. The maximum absolute atomic E-state index is 10.2. The molecule has 0 aliphatic carbocycles. The quantitative estimate of drug-likeness (QED) is 0.854. The number of aliphatic hydroxyl groups is 1. The Bertz CT molecular complexity index is 344. The Kier molecular flexibility index (Phi) is 5.56. The van der Waals surface area contributed by atoms with E-state index in [1.54, 1.807) is 18.2 Å². The molecule has 0 radical (unpaired) electrons. The summed E-state index contributed by atoms with van der Waals surface area (Å²) in [4.78, 5) is 0. The van der Waals surface area contributed by atoms with Gasteiger partial charge in [0.05, 0.1) is 16.1 Å². The molecule has 0 saturated heterocycles. The normalized spacial score (nSPS) is 14.8. The first-order valence-corrected chi connectivity index (χ1v) is 6.19. The standard InChI is InChI=1S/C12H17Cl2NO/c1-2-4-8(7-15)12(16)9-5-3-6-10(13)11(9)14/h3,5-6,8,12,16H,2,4,7,15H2,1H3. The van der Waals surface area contributed by atoms with E-state index in [4.69, 9.17) is 28.9 Å². The molecule has 0 bridgehead atoms. The first-order valence-electron chi connectivity index (χ1n) is 5.43. The summed E-state index contributed by atoms with van der Waals surface area (Å²) in [5.41, 5.74) is 6.31. The van der Waals surface area contributed by atoms with E-state index in [-0.39, 0.29) is 5.92 Å². The topological polar surface area (TPSA) is 46.2 Å². The Morgan fingerprint density at radius 1 is 1.38 bits per heavy atom. The van der Waals surface area contributed by atoms with Crippen LogP contribution in [0.15, 0.2) is 18.2 Å². The molecule has 2 nitrogen and oxygen atoms in total. The van der Waals surface area contributed by atoms with Crippen LogP contribution in [0.5, 0.6) is 0 Å². The van der Waals surface area contributed by atoms with Gasteiger partial charge in [-0.3, -0.25) is 0 Å². The molecule has 0 saturated carbocycles. The fourth-order valence-electron chi connectivity index (χ4n) is 1.78. The third-order valence-corrected chi connectivity index (χ3v) is 3.54. The molecule has 0 amide bonds. The number of benzene rings is 1. The van der Waals surface area contributed by atoms with Crippen LogP contribution in [-0.2, 0) is 0 Å². The Morgan fingerprint density at radius 2 is 2.06 bits per heavy atom. The molecule has 2 unspecified atom stereocenters. The van der Waals surface area contributed by atoms with E-state index >= 15 is 0 Å². The van der Waals surface area contributed by atoms with Gasteiger partial charge in [-0.25, -0.2) is 0 Å². The number of rotatable bonds is 5. The molecule has 16 heavy (non-hydrogen) atoms. The van der Waals surface area contributed by atoms with Gasteiger partial charge in [0, 0.05) is 11.5 Å². The smallest absolute Gasteiger partial charge is 0.0845 e. The predicted octanol–water partition coefficient (Wildman–Crippen LogP) is 3.40. The molecule has 0 aliphatic rings. The lowest BCUT2D eigenvalue weighted by atomic mass is 9.92. The van der Waals surface area contributed by atoms with E-state index in [2.05, 4.69) is 6.92 Å². The minimum absolute atomic E-state index is 0.0287. The fraction of sp³-hybridized carbons (Fsp3) is 0.500. The van der Waals surface area contributed by atoms with Crippen molar-refractivity contribution < 1.29 is 5.11 Å². The predicted molar refractivity (Wildman–Crippen MR) is 68.9 cm³/mol. The van der Waals surface area contributed by atoms with Gasteiger partial charge in [-0.05, 0) is 19.0 Å². The van der Waals surface area contributed by atoms with Gasteiger partial charge in [0.2, 0.25) is 0 Å². The Balaban J connectivity index is 2.94. The molecular formula is C12H17Cl2NO. The van der Waals surface area contributed by atoms with Crippen molar-refractivity contribution in [3.05, 3.63) is 33.8 Å². The van der Waals surface area contributed by atoms with Gasteiger partial charge in [0.25, 0.3) is 0 Å². The number of aliphatic hydroxyl groups excluding tert-OH is 1. The molecule has 3 N–H and O–H groups in total. The molecule has 0 aromatic heterocycles. The molecule has 0 aliphatic heterocycles. The third-order valence-electron chi connectivity index (χ3n) is 2.71. The van der Waals surface area contributed by atoms with Gasteiger partial charge >= 0.3 is 0 Å². The van der Waals surface area contributed by atoms with Crippen LogP contribution in [0, 0.1) is 5.92 Å². The first-order chi connectivity index (χ1) is 7.61. The van der Waals surface area contributed by atoms with Crippen LogP contribution in [0.25, 0.3) is 0 Å². The Morgan fingerprint density at radius 3 is 2.62 bits per heavy atom. The average Bonchev–Trinajstić information content (AvgIpc) is 2.29. The van der Waals surface area contributed by atoms with Crippen molar-refractivity contribution in [2.24, 2.45) is 11.7 Å². The van der Waals surface area contributed by atoms with Crippen LogP contribution >= 0.6 is 23.2 Å². The van der Waals surface area contributed by atoms with E-state index < -0.39 is 6.10 Å². The fourth-order valence-corrected chi connectivity index (χ4v) is 2.20. The zero-order valence-corrected chi connectivity index (χ0v) is 10.8. The second kappa shape index (κ2) is 6.45. The van der Waals surface area contributed by atoms with E-state index in [1.165, 1.54) is 0 Å². The summed E-state index contributed by atoms with van der Waals surface area (Å²) in [5.74, 6) is 0.0287. The highest BCUT2D eigenvalue weighted by Gasteiger charge is 2.21. The van der Waals surface area contributed by atoms with Crippen molar-refractivity contribution in [3.8, 4) is 0 Å². The second-order valence-corrected chi connectivity index (χ2v) is 4.66. The maximum atomic E-state index is 10.2. The van der Waals surface area contributed by atoms with Gasteiger partial charge in [-0.2, -0.15) is 0 Å². The SMILES string of the molecule is CCCC(CN)C(O)c1cccc(Cl)c1Cl. The minimum atomic E-state index is -0.642. The molecule has 90 valence electrons. The Labute approximate surface area is 106 Å². The number of hydrogen-bond donors (Lipinski definition) is 2. The first kappa shape index (κ1) is 13.8. The van der Waals surface area contributed by atoms with Crippen LogP contribution in [0.4, 0.5) is 0 Å². The van der Waals surface area contributed by atoms with Crippen molar-refractivity contribution in [1.29, 1.82) is 0 Å². The van der Waals surface area contributed by atoms with Gasteiger partial charge in [0.15, 0.2) is 0 Å². The van der Waals surface area contributed by atoms with E-state index in [9.17, 15) is 5.11 Å². The molecule has 1 rings (SSSR count). The van der Waals surface area contributed by atoms with Gasteiger partial charge in [0.1, 0.15) is 0 Å².